The number of nitrogens with zero attached hydrogens (tertiary/aromatic N) is 1. The lowest BCUT2D eigenvalue weighted by Crippen LogP contribution is -2.14. The maximum atomic E-state index is 6.19. The molecule has 2 nitrogen and oxygen atoms in total. The normalized spacial score (nSPS) is 16.0. The van der Waals surface area contributed by atoms with Gasteiger partial charge >= 0.3 is 0 Å². The van der Waals surface area contributed by atoms with Gasteiger partial charge in [-0.15, -0.1) is 0 Å². The Kier molecular flexibility index (Phi) is 4.72. The molecule has 2 aromatic carbocycles. The Morgan fingerprint density at radius 1 is 1.04 bits per heavy atom. The van der Waals surface area contributed by atoms with Crippen molar-refractivity contribution in [1.82, 2.24) is 0 Å². The molecule has 1 aliphatic carbocycles. The van der Waals surface area contributed by atoms with E-state index in [1.54, 1.807) is 0 Å². The van der Waals surface area contributed by atoms with E-state index in [1.165, 1.54) is 16.7 Å². The first-order valence-corrected chi connectivity index (χ1v) is 8.09. The molecule has 1 unspecified atom stereocenters. The second kappa shape index (κ2) is 7.10. The number of benzene rings is 2. The van der Waals surface area contributed by atoms with Crippen molar-refractivity contribution in [1.29, 1.82) is 0 Å². The summed E-state index contributed by atoms with van der Waals surface area (Å²) in [6.45, 7) is 2.07. The Bertz CT molecular complexity index is 737. The second-order valence-corrected chi connectivity index (χ2v) is 5.84. The summed E-state index contributed by atoms with van der Waals surface area (Å²) in [5.41, 5.74) is 11.0. The quantitative estimate of drug-likeness (QED) is 0.634. The maximum absolute atomic E-state index is 6.19. The van der Waals surface area contributed by atoms with Crippen molar-refractivity contribution in [2.45, 2.75) is 25.8 Å². The Morgan fingerprint density at radius 3 is 2.43 bits per heavy atom. The topological polar surface area (TPSA) is 38.4 Å². The van der Waals surface area contributed by atoms with Crippen molar-refractivity contribution >= 4 is 11.4 Å². The smallest absolute Gasteiger partial charge is 0.126 e. The van der Waals surface area contributed by atoms with Crippen molar-refractivity contribution < 1.29 is 0 Å². The molecular formula is C21H22N2. The second-order valence-electron chi connectivity index (χ2n) is 5.84. The highest BCUT2D eigenvalue weighted by Gasteiger charge is 2.07. The van der Waals surface area contributed by atoms with Crippen LogP contribution in [0.4, 0.5) is 0 Å². The molecule has 2 N–H and O–H groups in total. The van der Waals surface area contributed by atoms with Gasteiger partial charge in [-0.05, 0) is 36.5 Å². The Morgan fingerprint density at radius 2 is 1.78 bits per heavy atom. The van der Waals surface area contributed by atoms with Crippen LogP contribution in [0.5, 0.6) is 0 Å². The summed E-state index contributed by atoms with van der Waals surface area (Å²) >= 11 is 0. The molecule has 2 heteroatoms. The summed E-state index contributed by atoms with van der Waals surface area (Å²) in [4.78, 5) is 4.63. The standard InChI is InChI=1S/C21H22N2/c1-16(17-8-4-2-5-9-17)23-21(22)20-14-12-19(13-15-20)18-10-6-3-7-11-18/h2-6,8-10,12-16H,7,11H2,1H3,(H2,22,23). The molecule has 23 heavy (non-hydrogen) atoms. The molecule has 0 bridgehead atoms. The first-order chi connectivity index (χ1) is 11.2. The lowest BCUT2D eigenvalue weighted by Gasteiger charge is -2.11. The molecule has 2 aromatic rings. The van der Waals surface area contributed by atoms with Gasteiger partial charge in [0.1, 0.15) is 5.84 Å². The highest BCUT2D eigenvalue weighted by molar-refractivity contribution is 5.97. The largest absolute Gasteiger partial charge is 0.383 e. The van der Waals surface area contributed by atoms with Crippen LogP contribution in [-0.2, 0) is 0 Å². The first kappa shape index (κ1) is 15.3. The number of amidine groups is 1. The number of rotatable bonds is 4. The number of allylic oxidation sites excluding steroid dienone is 4. The molecular weight excluding hydrogens is 280 g/mol. The van der Waals surface area contributed by atoms with Gasteiger partial charge in [0.25, 0.3) is 0 Å². The van der Waals surface area contributed by atoms with E-state index in [1.807, 2.05) is 18.2 Å². The molecule has 0 radical (unpaired) electrons. The van der Waals surface area contributed by atoms with Crippen molar-refractivity contribution in [2.24, 2.45) is 10.7 Å². The molecule has 0 spiro atoms. The monoisotopic (exact) mass is 302 g/mol. The summed E-state index contributed by atoms with van der Waals surface area (Å²) < 4.78 is 0. The fourth-order valence-corrected chi connectivity index (χ4v) is 2.79. The predicted octanol–water partition coefficient (Wildman–Crippen LogP) is 4.89. The van der Waals surface area contributed by atoms with Crippen molar-refractivity contribution in [3.05, 3.63) is 89.5 Å². The summed E-state index contributed by atoms with van der Waals surface area (Å²) in [6.07, 6.45) is 8.74. The van der Waals surface area contributed by atoms with Gasteiger partial charge in [-0.25, -0.2) is 0 Å². The highest BCUT2D eigenvalue weighted by atomic mass is 14.9. The zero-order chi connectivity index (χ0) is 16.1. The van der Waals surface area contributed by atoms with Gasteiger partial charge in [-0.1, -0.05) is 72.8 Å². The SMILES string of the molecule is CC(N=C(N)c1ccc(C2=CC=CCC2)cc1)c1ccccc1. The van der Waals surface area contributed by atoms with Gasteiger partial charge in [-0.2, -0.15) is 0 Å². The number of hydrogen-bond acceptors (Lipinski definition) is 1. The molecule has 0 saturated carbocycles. The van der Waals surface area contributed by atoms with Gasteiger partial charge in [0.15, 0.2) is 0 Å². The number of nitrogens with two attached hydrogens (primary N) is 1. The van der Waals surface area contributed by atoms with E-state index in [0.717, 1.165) is 18.4 Å². The van der Waals surface area contributed by atoms with E-state index in [2.05, 4.69) is 66.5 Å². The summed E-state index contributed by atoms with van der Waals surface area (Å²) in [5.74, 6) is 0.588. The summed E-state index contributed by atoms with van der Waals surface area (Å²) in [7, 11) is 0. The molecule has 3 rings (SSSR count). The zero-order valence-electron chi connectivity index (χ0n) is 13.4. The van der Waals surface area contributed by atoms with Crippen LogP contribution in [0.15, 0.2) is 77.8 Å². The van der Waals surface area contributed by atoms with Gasteiger partial charge < -0.3 is 5.73 Å². The van der Waals surface area contributed by atoms with E-state index in [9.17, 15) is 0 Å². The molecule has 0 saturated heterocycles. The van der Waals surface area contributed by atoms with Crippen LogP contribution in [0.2, 0.25) is 0 Å². The van der Waals surface area contributed by atoms with Crippen LogP contribution in [0, 0.1) is 0 Å². The minimum atomic E-state index is 0.0575. The minimum absolute atomic E-state index is 0.0575. The van der Waals surface area contributed by atoms with E-state index < -0.39 is 0 Å². The zero-order valence-corrected chi connectivity index (χ0v) is 13.4. The average molecular weight is 302 g/mol. The summed E-state index contributed by atoms with van der Waals surface area (Å²) in [5, 5.41) is 0. The van der Waals surface area contributed by atoms with Gasteiger partial charge in [0, 0.05) is 5.56 Å². The van der Waals surface area contributed by atoms with Crippen LogP contribution in [0.3, 0.4) is 0 Å². The molecule has 0 heterocycles. The van der Waals surface area contributed by atoms with Gasteiger partial charge in [-0.3, -0.25) is 4.99 Å². The highest BCUT2D eigenvalue weighted by Crippen LogP contribution is 2.24. The van der Waals surface area contributed by atoms with Gasteiger partial charge in [0.05, 0.1) is 6.04 Å². The van der Waals surface area contributed by atoms with Crippen LogP contribution in [-0.4, -0.2) is 5.84 Å². The molecule has 0 aliphatic heterocycles. The molecule has 1 atom stereocenters. The fourth-order valence-electron chi connectivity index (χ4n) is 2.79. The molecule has 116 valence electrons. The first-order valence-electron chi connectivity index (χ1n) is 8.09. The Hall–Kier alpha value is -2.61. The molecule has 0 aromatic heterocycles. The van der Waals surface area contributed by atoms with Crippen LogP contribution in [0.1, 0.15) is 42.5 Å². The lowest BCUT2D eigenvalue weighted by atomic mass is 9.96. The predicted molar refractivity (Wildman–Crippen MR) is 98.4 cm³/mol. The Balaban J connectivity index is 1.77. The van der Waals surface area contributed by atoms with Crippen molar-refractivity contribution in [3.8, 4) is 0 Å². The average Bonchev–Trinajstić information content (AvgIpc) is 2.63. The van der Waals surface area contributed by atoms with Crippen molar-refractivity contribution in [3.63, 3.8) is 0 Å². The third-order valence-electron chi connectivity index (χ3n) is 4.18. The molecule has 0 fully saturated rings. The fraction of sp³-hybridized carbons (Fsp3) is 0.190. The van der Waals surface area contributed by atoms with Crippen LogP contribution < -0.4 is 5.73 Å². The van der Waals surface area contributed by atoms with E-state index in [4.69, 9.17) is 5.73 Å². The van der Waals surface area contributed by atoms with Crippen LogP contribution in [0.25, 0.3) is 5.57 Å². The lowest BCUT2D eigenvalue weighted by molar-refractivity contribution is 0.818. The Labute approximate surface area is 138 Å². The van der Waals surface area contributed by atoms with Crippen LogP contribution >= 0.6 is 0 Å². The van der Waals surface area contributed by atoms with E-state index >= 15 is 0 Å². The number of hydrogen-bond donors (Lipinski definition) is 1. The van der Waals surface area contributed by atoms with E-state index in [0.29, 0.717) is 5.84 Å². The van der Waals surface area contributed by atoms with Gasteiger partial charge in [0.2, 0.25) is 0 Å². The third kappa shape index (κ3) is 3.78. The minimum Gasteiger partial charge on any atom is -0.383 e. The summed E-state index contributed by atoms with van der Waals surface area (Å²) in [6, 6.07) is 18.7. The van der Waals surface area contributed by atoms with E-state index in [-0.39, 0.29) is 6.04 Å². The third-order valence-corrected chi connectivity index (χ3v) is 4.18. The maximum Gasteiger partial charge on any atom is 0.126 e. The number of aliphatic imine (C=N–C) groups is 1. The molecule has 1 aliphatic rings. The molecule has 0 amide bonds. The van der Waals surface area contributed by atoms with Crippen molar-refractivity contribution in [2.75, 3.05) is 0 Å².